The van der Waals surface area contributed by atoms with Gasteiger partial charge in [-0.15, -0.1) is 21.8 Å². The predicted octanol–water partition coefficient (Wildman–Crippen LogP) is 4.12. The van der Waals surface area contributed by atoms with Crippen molar-refractivity contribution in [2.24, 2.45) is 0 Å². The van der Waals surface area contributed by atoms with Crippen LogP contribution in [-0.2, 0) is 5.88 Å². The summed E-state index contributed by atoms with van der Waals surface area (Å²) >= 11 is 5.96. The van der Waals surface area contributed by atoms with Crippen LogP contribution in [-0.4, -0.2) is 14.8 Å². The largest absolute Gasteiger partial charge is 0.278 e. The monoisotopic (exact) mass is 301 g/mol. The summed E-state index contributed by atoms with van der Waals surface area (Å²) in [5, 5.41) is 8.34. The van der Waals surface area contributed by atoms with E-state index in [1.807, 2.05) is 34.9 Å². The summed E-state index contributed by atoms with van der Waals surface area (Å²) in [5.41, 5.74) is 2.30. The van der Waals surface area contributed by atoms with Crippen molar-refractivity contribution in [1.29, 1.82) is 0 Å². The molecule has 0 unspecified atom stereocenters. The maximum Gasteiger partial charge on any atom is 0.168 e. The number of rotatable bonds is 3. The van der Waals surface area contributed by atoms with Crippen molar-refractivity contribution in [2.75, 3.05) is 0 Å². The first-order chi connectivity index (χ1) is 10.2. The molecule has 21 heavy (non-hydrogen) atoms. The molecule has 0 aliphatic carbocycles. The maximum absolute atomic E-state index is 13.4. The average molecular weight is 302 g/mol. The van der Waals surface area contributed by atoms with E-state index in [-0.39, 0.29) is 11.7 Å². The molecule has 106 valence electrons. The first kappa shape index (κ1) is 13.8. The van der Waals surface area contributed by atoms with E-state index in [0.29, 0.717) is 17.2 Å². The molecular weight excluding hydrogens is 289 g/mol. The molecule has 0 aliphatic rings. The van der Waals surface area contributed by atoms with E-state index in [2.05, 4.69) is 10.2 Å². The van der Waals surface area contributed by atoms with Crippen LogP contribution in [0, 0.1) is 12.7 Å². The van der Waals surface area contributed by atoms with Gasteiger partial charge in [-0.3, -0.25) is 4.57 Å². The Hall–Kier alpha value is -2.20. The molecule has 5 heteroatoms. The quantitative estimate of drug-likeness (QED) is 0.681. The van der Waals surface area contributed by atoms with Gasteiger partial charge in [-0.05, 0) is 42.8 Å². The molecule has 2 aromatic carbocycles. The van der Waals surface area contributed by atoms with Crippen LogP contribution in [0.3, 0.4) is 0 Å². The average Bonchev–Trinajstić information content (AvgIpc) is 2.95. The topological polar surface area (TPSA) is 30.7 Å². The van der Waals surface area contributed by atoms with Gasteiger partial charge in [-0.1, -0.05) is 18.2 Å². The molecule has 0 saturated heterocycles. The lowest BCUT2D eigenvalue weighted by Gasteiger charge is -2.10. The lowest BCUT2D eigenvalue weighted by atomic mass is 10.1. The Bertz CT molecular complexity index is 768. The van der Waals surface area contributed by atoms with Crippen molar-refractivity contribution < 1.29 is 4.39 Å². The maximum atomic E-state index is 13.4. The smallest absolute Gasteiger partial charge is 0.168 e. The molecule has 0 atom stereocenters. The summed E-state index contributed by atoms with van der Waals surface area (Å²) < 4.78 is 15.3. The van der Waals surface area contributed by atoms with Gasteiger partial charge in [0, 0.05) is 11.3 Å². The van der Waals surface area contributed by atoms with Gasteiger partial charge < -0.3 is 0 Å². The van der Waals surface area contributed by atoms with Crippen molar-refractivity contribution in [3.63, 3.8) is 0 Å². The lowest BCUT2D eigenvalue weighted by molar-refractivity contribution is 0.618. The molecule has 1 aromatic heterocycles. The molecule has 3 rings (SSSR count). The Morgan fingerprint density at radius 1 is 1.10 bits per heavy atom. The zero-order valence-corrected chi connectivity index (χ0v) is 12.2. The zero-order chi connectivity index (χ0) is 14.8. The fourth-order valence-electron chi connectivity index (χ4n) is 2.22. The van der Waals surface area contributed by atoms with E-state index in [9.17, 15) is 4.39 Å². The highest BCUT2D eigenvalue weighted by atomic mass is 35.5. The van der Waals surface area contributed by atoms with Crippen molar-refractivity contribution in [1.82, 2.24) is 14.8 Å². The Balaban J connectivity index is 2.20. The van der Waals surface area contributed by atoms with Crippen LogP contribution in [0.4, 0.5) is 4.39 Å². The van der Waals surface area contributed by atoms with Gasteiger partial charge in [-0.2, -0.15) is 0 Å². The van der Waals surface area contributed by atoms with Crippen molar-refractivity contribution in [3.05, 3.63) is 65.7 Å². The van der Waals surface area contributed by atoms with Gasteiger partial charge in [0.2, 0.25) is 0 Å². The van der Waals surface area contributed by atoms with Gasteiger partial charge in [0.1, 0.15) is 5.82 Å². The first-order valence-corrected chi connectivity index (χ1v) is 7.06. The normalized spacial score (nSPS) is 10.8. The summed E-state index contributed by atoms with van der Waals surface area (Å²) in [4.78, 5) is 0. The number of hydrogen-bond donors (Lipinski definition) is 0. The summed E-state index contributed by atoms with van der Waals surface area (Å²) in [7, 11) is 0. The number of nitrogens with zero attached hydrogens (tertiary/aromatic N) is 3. The minimum Gasteiger partial charge on any atom is -0.278 e. The number of para-hydroxylation sites is 1. The van der Waals surface area contributed by atoms with Gasteiger partial charge in [0.05, 0.1) is 5.88 Å². The summed E-state index contributed by atoms with van der Waals surface area (Å²) in [5.74, 6) is 1.32. The lowest BCUT2D eigenvalue weighted by Crippen LogP contribution is -2.01. The number of alkyl halides is 1. The number of aryl methyl sites for hydroxylation is 1. The second-order valence-electron chi connectivity index (χ2n) is 4.71. The number of hydrogen-bond acceptors (Lipinski definition) is 2. The molecule has 3 nitrogen and oxygen atoms in total. The van der Waals surface area contributed by atoms with E-state index in [1.165, 1.54) is 6.07 Å². The number of aromatic nitrogens is 3. The molecule has 0 amide bonds. The van der Waals surface area contributed by atoms with Crippen LogP contribution in [0.25, 0.3) is 17.1 Å². The highest BCUT2D eigenvalue weighted by molar-refractivity contribution is 6.16. The molecule has 0 aliphatic heterocycles. The molecule has 0 fully saturated rings. The van der Waals surface area contributed by atoms with Crippen LogP contribution in [0.2, 0.25) is 0 Å². The fourth-order valence-corrected chi connectivity index (χ4v) is 2.40. The standard InChI is InChI=1S/C16H13ClFN3/c1-11-9-12(7-8-14(11)18)16-20-19-15(10-17)21(16)13-5-3-2-4-6-13/h2-9H,10H2,1H3. The summed E-state index contributed by atoms with van der Waals surface area (Å²) in [6.07, 6.45) is 0. The zero-order valence-electron chi connectivity index (χ0n) is 11.4. The summed E-state index contributed by atoms with van der Waals surface area (Å²) in [6, 6.07) is 14.6. The van der Waals surface area contributed by atoms with Crippen molar-refractivity contribution >= 4 is 11.6 Å². The van der Waals surface area contributed by atoms with Gasteiger partial charge in [-0.25, -0.2) is 4.39 Å². The molecule has 0 radical (unpaired) electrons. The second-order valence-corrected chi connectivity index (χ2v) is 4.98. The Morgan fingerprint density at radius 2 is 1.86 bits per heavy atom. The molecule has 0 saturated carbocycles. The van der Waals surface area contributed by atoms with Crippen LogP contribution < -0.4 is 0 Å². The molecule has 1 heterocycles. The Labute approximate surface area is 127 Å². The molecule has 3 aromatic rings. The molecule has 0 N–H and O–H groups in total. The van der Waals surface area contributed by atoms with Crippen LogP contribution in [0.5, 0.6) is 0 Å². The van der Waals surface area contributed by atoms with E-state index in [0.717, 1.165) is 11.3 Å². The van der Waals surface area contributed by atoms with Gasteiger partial charge >= 0.3 is 0 Å². The third-order valence-electron chi connectivity index (χ3n) is 3.28. The van der Waals surface area contributed by atoms with Crippen molar-refractivity contribution in [2.45, 2.75) is 12.8 Å². The molecular formula is C16H13ClFN3. The SMILES string of the molecule is Cc1cc(-c2nnc(CCl)n2-c2ccccc2)ccc1F. The van der Waals surface area contributed by atoms with Gasteiger partial charge in [0.15, 0.2) is 11.6 Å². The highest BCUT2D eigenvalue weighted by Crippen LogP contribution is 2.25. The molecule has 0 bridgehead atoms. The third kappa shape index (κ3) is 2.54. The van der Waals surface area contributed by atoms with Crippen LogP contribution in [0.1, 0.15) is 11.4 Å². The minimum absolute atomic E-state index is 0.234. The number of halogens is 2. The Kier molecular flexibility index (Phi) is 3.71. The fraction of sp³-hybridized carbons (Fsp3) is 0.125. The van der Waals surface area contributed by atoms with Gasteiger partial charge in [0.25, 0.3) is 0 Å². The van der Waals surface area contributed by atoms with Crippen LogP contribution >= 0.6 is 11.6 Å². The molecule has 0 spiro atoms. The first-order valence-electron chi connectivity index (χ1n) is 6.53. The van der Waals surface area contributed by atoms with E-state index < -0.39 is 0 Å². The van der Waals surface area contributed by atoms with E-state index >= 15 is 0 Å². The van der Waals surface area contributed by atoms with E-state index in [4.69, 9.17) is 11.6 Å². The number of benzene rings is 2. The summed E-state index contributed by atoms with van der Waals surface area (Å²) in [6.45, 7) is 1.73. The van der Waals surface area contributed by atoms with Crippen molar-refractivity contribution in [3.8, 4) is 17.1 Å². The third-order valence-corrected chi connectivity index (χ3v) is 3.52. The predicted molar refractivity (Wildman–Crippen MR) is 81.0 cm³/mol. The van der Waals surface area contributed by atoms with Crippen LogP contribution in [0.15, 0.2) is 48.5 Å². The Morgan fingerprint density at radius 3 is 2.52 bits per heavy atom. The van der Waals surface area contributed by atoms with E-state index in [1.54, 1.807) is 19.1 Å². The highest BCUT2D eigenvalue weighted by Gasteiger charge is 2.15. The minimum atomic E-state index is -0.234. The second kappa shape index (κ2) is 5.66.